The molecule has 0 aromatic rings. The second kappa shape index (κ2) is 8.13. The Hall–Kier alpha value is -0.120. The standard InChI is InChI=1S/C15H32N2O/c1-5-8-14(12-16-10-6-2)17-11-7-9-15(3,13-17)18-4/h14,16H,5-13H2,1-4H3. The smallest absolute Gasteiger partial charge is 0.0777 e. The van der Waals surface area contributed by atoms with E-state index in [0.29, 0.717) is 6.04 Å². The summed E-state index contributed by atoms with van der Waals surface area (Å²) < 4.78 is 5.70. The molecule has 0 amide bonds. The molecule has 3 nitrogen and oxygen atoms in total. The minimum absolute atomic E-state index is 0.0645. The van der Waals surface area contributed by atoms with E-state index in [0.717, 1.165) is 19.6 Å². The van der Waals surface area contributed by atoms with Crippen molar-refractivity contribution in [2.24, 2.45) is 0 Å². The quantitative estimate of drug-likeness (QED) is 0.676. The molecule has 1 fully saturated rings. The van der Waals surface area contributed by atoms with Gasteiger partial charge in [-0.05, 0) is 45.7 Å². The van der Waals surface area contributed by atoms with Crippen molar-refractivity contribution in [1.82, 2.24) is 10.2 Å². The maximum Gasteiger partial charge on any atom is 0.0777 e. The Bertz CT molecular complexity index is 223. The zero-order valence-electron chi connectivity index (χ0n) is 12.8. The monoisotopic (exact) mass is 256 g/mol. The van der Waals surface area contributed by atoms with Gasteiger partial charge in [-0.15, -0.1) is 0 Å². The molecule has 108 valence electrons. The Balaban J connectivity index is 2.50. The first-order valence-electron chi connectivity index (χ1n) is 7.65. The fourth-order valence-corrected chi connectivity index (χ4v) is 2.91. The predicted molar refractivity (Wildman–Crippen MR) is 78.1 cm³/mol. The number of ether oxygens (including phenoxy) is 1. The van der Waals surface area contributed by atoms with Gasteiger partial charge in [-0.1, -0.05) is 20.3 Å². The van der Waals surface area contributed by atoms with Crippen LogP contribution in [-0.2, 0) is 4.74 Å². The topological polar surface area (TPSA) is 24.5 Å². The molecule has 0 aromatic carbocycles. The van der Waals surface area contributed by atoms with Crippen LogP contribution in [0.25, 0.3) is 0 Å². The lowest BCUT2D eigenvalue weighted by Crippen LogP contribution is -2.53. The second-order valence-electron chi connectivity index (χ2n) is 5.87. The van der Waals surface area contributed by atoms with Crippen LogP contribution in [0.2, 0.25) is 0 Å². The molecule has 1 N–H and O–H groups in total. The number of piperidine rings is 1. The lowest BCUT2D eigenvalue weighted by atomic mass is 9.93. The Kier molecular flexibility index (Phi) is 7.20. The molecule has 2 atom stereocenters. The van der Waals surface area contributed by atoms with Crippen LogP contribution in [0.1, 0.15) is 52.9 Å². The molecule has 18 heavy (non-hydrogen) atoms. The maximum absolute atomic E-state index is 5.70. The zero-order valence-corrected chi connectivity index (χ0v) is 12.8. The Morgan fingerprint density at radius 1 is 1.33 bits per heavy atom. The molecule has 1 rings (SSSR count). The molecule has 3 heteroatoms. The first kappa shape index (κ1) is 15.9. The van der Waals surface area contributed by atoms with Crippen LogP contribution in [0.15, 0.2) is 0 Å². The van der Waals surface area contributed by atoms with Crippen molar-refractivity contribution in [2.45, 2.75) is 64.5 Å². The number of methoxy groups -OCH3 is 1. The van der Waals surface area contributed by atoms with Gasteiger partial charge in [0.1, 0.15) is 0 Å². The van der Waals surface area contributed by atoms with Gasteiger partial charge in [0.2, 0.25) is 0 Å². The van der Waals surface area contributed by atoms with Crippen LogP contribution in [-0.4, -0.2) is 49.8 Å². The summed E-state index contributed by atoms with van der Waals surface area (Å²) in [6.07, 6.45) is 6.23. The lowest BCUT2D eigenvalue weighted by Gasteiger charge is -2.43. The van der Waals surface area contributed by atoms with Crippen molar-refractivity contribution in [3.8, 4) is 0 Å². The molecule has 0 spiro atoms. The molecule has 1 saturated heterocycles. The lowest BCUT2D eigenvalue weighted by molar-refractivity contribution is -0.0618. The highest BCUT2D eigenvalue weighted by Gasteiger charge is 2.33. The third kappa shape index (κ3) is 4.87. The summed E-state index contributed by atoms with van der Waals surface area (Å²) in [5, 5.41) is 3.58. The first-order chi connectivity index (χ1) is 8.65. The second-order valence-corrected chi connectivity index (χ2v) is 5.87. The molecule has 1 aliphatic rings. The van der Waals surface area contributed by atoms with E-state index >= 15 is 0 Å². The fraction of sp³-hybridized carbons (Fsp3) is 1.00. The van der Waals surface area contributed by atoms with Gasteiger partial charge in [0, 0.05) is 26.2 Å². The SMILES string of the molecule is CCCNCC(CCC)N1CCCC(C)(OC)C1. The molecule has 0 saturated carbocycles. The van der Waals surface area contributed by atoms with E-state index in [-0.39, 0.29) is 5.60 Å². The van der Waals surface area contributed by atoms with Crippen LogP contribution < -0.4 is 5.32 Å². The summed E-state index contributed by atoms with van der Waals surface area (Å²) in [7, 11) is 1.85. The highest BCUT2D eigenvalue weighted by molar-refractivity contribution is 4.88. The maximum atomic E-state index is 5.70. The van der Waals surface area contributed by atoms with Crippen molar-refractivity contribution in [1.29, 1.82) is 0 Å². The summed E-state index contributed by atoms with van der Waals surface area (Å²) in [5.74, 6) is 0. The molecule has 0 aliphatic carbocycles. The zero-order chi connectivity index (χ0) is 13.4. The van der Waals surface area contributed by atoms with Gasteiger partial charge in [-0.25, -0.2) is 0 Å². The van der Waals surface area contributed by atoms with Crippen molar-refractivity contribution in [3.05, 3.63) is 0 Å². The average molecular weight is 256 g/mol. The normalized spacial score (nSPS) is 27.3. The number of rotatable bonds is 8. The van der Waals surface area contributed by atoms with E-state index < -0.39 is 0 Å². The molecule has 2 unspecified atom stereocenters. The van der Waals surface area contributed by atoms with Crippen molar-refractivity contribution in [3.63, 3.8) is 0 Å². The summed E-state index contributed by atoms with van der Waals surface area (Å²) in [5.41, 5.74) is 0.0645. The molecular formula is C15H32N2O. The van der Waals surface area contributed by atoms with E-state index in [4.69, 9.17) is 4.74 Å². The Morgan fingerprint density at radius 2 is 2.11 bits per heavy atom. The van der Waals surface area contributed by atoms with E-state index in [1.807, 2.05) is 7.11 Å². The average Bonchev–Trinajstić information content (AvgIpc) is 2.38. The van der Waals surface area contributed by atoms with Gasteiger partial charge in [-0.3, -0.25) is 4.90 Å². The minimum Gasteiger partial charge on any atom is -0.377 e. The fourth-order valence-electron chi connectivity index (χ4n) is 2.91. The number of nitrogens with zero attached hydrogens (tertiary/aromatic N) is 1. The molecule has 0 radical (unpaired) electrons. The van der Waals surface area contributed by atoms with Gasteiger partial charge in [0.25, 0.3) is 0 Å². The largest absolute Gasteiger partial charge is 0.377 e. The van der Waals surface area contributed by atoms with E-state index in [1.54, 1.807) is 0 Å². The number of hydrogen-bond donors (Lipinski definition) is 1. The molecule has 0 bridgehead atoms. The van der Waals surface area contributed by atoms with Gasteiger partial charge < -0.3 is 10.1 Å². The molecule has 1 heterocycles. The first-order valence-corrected chi connectivity index (χ1v) is 7.65. The highest BCUT2D eigenvalue weighted by Crippen LogP contribution is 2.26. The van der Waals surface area contributed by atoms with E-state index in [9.17, 15) is 0 Å². The van der Waals surface area contributed by atoms with Gasteiger partial charge in [0.05, 0.1) is 5.60 Å². The van der Waals surface area contributed by atoms with E-state index in [2.05, 4.69) is 31.0 Å². The number of hydrogen-bond acceptors (Lipinski definition) is 3. The highest BCUT2D eigenvalue weighted by atomic mass is 16.5. The minimum atomic E-state index is 0.0645. The number of likely N-dealkylation sites (tertiary alicyclic amines) is 1. The van der Waals surface area contributed by atoms with E-state index in [1.165, 1.54) is 38.6 Å². The van der Waals surface area contributed by atoms with Crippen LogP contribution >= 0.6 is 0 Å². The predicted octanol–water partition coefficient (Wildman–Crippen LogP) is 2.66. The van der Waals surface area contributed by atoms with Gasteiger partial charge in [0.15, 0.2) is 0 Å². The van der Waals surface area contributed by atoms with Crippen LogP contribution in [0.4, 0.5) is 0 Å². The summed E-state index contributed by atoms with van der Waals surface area (Å²) in [4.78, 5) is 2.64. The van der Waals surface area contributed by atoms with Gasteiger partial charge >= 0.3 is 0 Å². The summed E-state index contributed by atoms with van der Waals surface area (Å²) >= 11 is 0. The number of nitrogens with one attached hydrogen (secondary N) is 1. The van der Waals surface area contributed by atoms with Crippen molar-refractivity contribution in [2.75, 3.05) is 33.3 Å². The third-order valence-corrected chi connectivity index (χ3v) is 4.13. The van der Waals surface area contributed by atoms with Crippen LogP contribution in [0.5, 0.6) is 0 Å². The Morgan fingerprint density at radius 3 is 2.72 bits per heavy atom. The van der Waals surface area contributed by atoms with Crippen molar-refractivity contribution >= 4 is 0 Å². The molecule has 0 aromatic heterocycles. The summed E-state index contributed by atoms with van der Waals surface area (Å²) in [6.45, 7) is 11.3. The molecule has 1 aliphatic heterocycles. The van der Waals surface area contributed by atoms with Crippen LogP contribution in [0, 0.1) is 0 Å². The van der Waals surface area contributed by atoms with Gasteiger partial charge in [-0.2, -0.15) is 0 Å². The Labute approximate surface area is 113 Å². The molecular weight excluding hydrogens is 224 g/mol. The van der Waals surface area contributed by atoms with Crippen molar-refractivity contribution < 1.29 is 4.74 Å². The summed E-state index contributed by atoms with van der Waals surface area (Å²) in [6, 6.07) is 0.677. The van der Waals surface area contributed by atoms with Crippen LogP contribution in [0.3, 0.4) is 0 Å². The third-order valence-electron chi connectivity index (χ3n) is 4.13.